The molecule has 0 aromatic heterocycles. The highest BCUT2D eigenvalue weighted by Gasteiger charge is 2.35. The minimum Gasteiger partial charge on any atom is -0.481 e. The number of carboxylic acid groups (broad SMARTS) is 3. The smallest absolute Gasteiger partial charge is 0.325 e. The van der Waals surface area contributed by atoms with Crippen molar-refractivity contribution in [2.45, 2.75) is 148 Å². The maximum atomic E-state index is 13.8. The molecule has 0 aliphatic rings. The maximum Gasteiger partial charge on any atom is 0.325 e. The molecule has 15 N–H and O–H groups in total. The number of carboxylic acids is 3. The molecule has 7 amide bonds. The second-order valence-corrected chi connectivity index (χ2v) is 15.6. The topological polar surface area (TPSA) is 388 Å². The summed E-state index contributed by atoms with van der Waals surface area (Å²) < 4.78 is 0. The number of hydrogen-bond acceptors (Lipinski definition) is 13. The molecule has 0 saturated carbocycles. The Balaban J connectivity index is 6.41. The Morgan fingerprint density at radius 3 is 1.52 bits per heavy atom. The molecular weight excluding hydrogens is 806 g/mol. The molecule has 348 valence electrons. The van der Waals surface area contributed by atoms with Crippen molar-refractivity contribution in [2.24, 2.45) is 29.2 Å². The van der Waals surface area contributed by atoms with E-state index in [0.717, 1.165) is 6.92 Å². The summed E-state index contributed by atoms with van der Waals surface area (Å²) >= 11 is 0. The lowest BCUT2D eigenvalue weighted by Gasteiger charge is -2.29. The third-order valence-corrected chi connectivity index (χ3v) is 9.56. The van der Waals surface area contributed by atoms with Gasteiger partial charge in [0.1, 0.15) is 42.3 Å². The molecule has 23 nitrogen and oxygen atoms in total. The molecule has 0 bridgehead atoms. The van der Waals surface area contributed by atoms with E-state index >= 15 is 0 Å². The van der Waals surface area contributed by atoms with Gasteiger partial charge in [0.25, 0.3) is 0 Å². The standard InChI is InChI=1S/C38H67N9O14/c1-8-20(6)29(40)36(58)46-26(17-48)35(57)42-23(12-13-27(49)50)32(54)47-30(19(4)5)37(59)43-22(11-9-10-14-39)31(53)44-24(15-18(2)3)34(56)45-25(16-28(51)52)33(55)41-21(7)38(60)61/h18-26,29-30,48H,8-17,39-40H2,1-7H3,(H,41,55)(H,42,57)(H,43,59)(H,44,53)(H,45,56)(H,46,58)(H,47,54)(H,49,50)(H,51,52)(H,60,61)/t20-,21-,22-,23-,24-,25-,26-,29-,30-/m0/s1. The van der Waals surface area contributed by atoms with Crippen LogP contribution in [0.1, 0.15) is 99.8 Å². The summed E-state index contributed by atoms with van der Waals surface area (Å²) in [6.07, 6.45) is -0.745. The first-order valence-electron chi connectivity index (χ1n) is 20.3. The summed E-state index contributed by atoms with van der Waals surface area (Å²) in [5.74, 6) is -12.0. The van der Waals surface area contributed by atoms with Gasteiger partial charge in [0.2, 0.25) is 41.4 Å². The van der Waals surface area contributed by atoms with Crippen molar-refractivity contribution >= 4 is 59.3 Å². The van der Waals surface area contributed by atoms with Crippen molar-refractivity contribution in [3.63, 3.8) is 0 Å². The van der Waals surface area contributed by atoms with Gasteiger partial charge in [-0.2, -0.15) is 0 Å². The van der Waals surface area contributed by atoms with Crippen LogP contribution in [0.4, 0.5) is 0 Å². The molecule has 0 spiro atoms. The van der Waals surface area contributed by atoms with Crippen LogP contribution in [0.25, 0.3) is 0 Å². The molecule has 0 rings (SSSR count). The van der Waals surface area contributed by atoms with Gasteiger partial charge in [-0.15, -0.1) is 0 Å². The number of rotatable bonds is 30. The molecule has 61 heavy (non-hydrogen) atoms. The number of amides is 7. The van der Waals surface area contributed by atoms with E-state index < -0.39 is 139 Å². The fourth-order valence-corrected chi connectivity index (χ4v) is 5.60. The number of hydrogen-bond donors (Lipinski definition) is 13. The van der Waals surface area contributed by atoms with Crippen molar-refractivity contribution < 1.29 is 68.4 Å². The van der Waals surface area contributed by atoms with E-state index in [4.69, 9.17) is 16.6 Å². The molecule has 0 fully saturated rings. The van der Waals surface area contributed by atoms with Crippen LogP contribution in [0.5, 0.6) is 0 Å². The molecule has 0 heterocycles. The Bertz CT molecular complexity index is 1530. The molecule has 0 aromatic rings. The lowest BCUT2D eigenvalue weighted by atomic mass is 9.99. The van der Waals surface area contributed by atoms with Crippen LogP contribution in [0, 0.1) is 17.8 Å². The van der Waals surface area contributed by atoms with E-state index in [1.807, 2.05) is 0 Å². The Morgan fingerprint density at radius 2 is 1.03 bits per heavy atom. The Hall–Kier alpha value is -5.42. The van der Waals surface area contributed by atoms with Crippen molar-refractivity contribution in [1.29, 1.82) is 0 Å². The lowest BCUT2D eigenvalue weighted by molar-refractivity contribution is -0.143. The third-order valence-electron chi connectivity index (χ3n) is 9.56. The quantitative estimate of drug-likeness (QED) is 0.0320. The van der Waals surface area contributed by atoms with Crippen LogP contribution >= 0.6 is 0 Å². The maximum absolute atomic E-state index is 13.8. The van der Waals surface area contributed by atoms with Crippen LogP contribution < -0.4 is 48.7 Å². The van der Waals surface area contributed by atoms with Gasteiger partial charge in [-0.1, -0.05) is 48.0 Å². The van der Waals surface area contributed by atoms with Crippen LogP contribution in [-0.2, 0) is 47.9 Å². The average molecular weight is 874 g/mol. The van der Waals surface area contributed by atoms with Gasteiger partial charge in [-0.25, -0.2) is 0 Å². The van der Waals surface area contributed by atoms with Crippen LogP contribution in [0.2, 0.25) is 0 Å². The predicted molar refractivity (Wildman–Crippen MR) is 218 cm³/mol. The van der Waals surface area contributed by atoms with Crippen molar-refractivity contribution in [1.82, 2.24) is 37.2 Å². The first-order chi connectivity index (χ1) is 28.4. The number of nitrogens with one attached hydrogen (secondary N) is 7. The highest BCUT2D eigenvalue weighted by molar-refractivity contribution is 5.98. The first-order valence-corrected chi connectivity index (χ1v) is 20.3. The van der Waals surface area contributed by atoms with E-state index in [0.29, 0.717) is 19.3 Å². The molecule has 9 atom stereocenters. The van der Waals surface area contributed by atoms with Gasteiger partial charge in [-0.3, -0.25) is 47.9 Å². The minimum atomic E-state index is -1.72. The Morgan fingerprint density at radius 1 is 0.557 bits per heavy atom. The van der Waals surface area contributed by atoms with Crippen molar-refractivity contribution in [3.05, 3.63) is 0 Å². The Kier molecular flexibility index (Phi) is 25.7. The van der Waals surface area contributed by atoms with Crippen LogP contribution in [0.3, 0.4) is 0 Å². The summed E-state index contributed by atoms with van der Waals surface area (Å²) in [6, 6.07) is -11.4. The number of aliphatic hydroxyl groups excluding tert-OH is 1. The number of aliphatic hydroxyl groups is 1. The van der Waals surface area contributed by atoms with Gasteiger partial charge in [0, 0.05) is 6.42 Å². The fourth-order valence-electron chi connectivity index (χ4n) is 5.60. The first kappa shape index (κ1) is 55.6. The molecule has 0 aromatic carbocycles. The van der Waals surface area contributed by atoms with Gasteiger partial charge in [0.05, 0.1) is 19.1 Å². The van der Waals surface area contributed by atoms with Gasteiger partial charge < -0.3 is 69.1 Å². The van der Waals surface area contributed by atoms with E-state index in [-0.39, 0.29) is 31.2 Å². The largest absolute Gasteiger partial charge is 0.481 e. The molecule has 0 unspecified atom stereocenters. The van der Waals surface area contributed by atoms with E-state index in [1.54, 1.807) is 41.5 Å². The van der Waals surface area contributed by atoms with Crippen LogP contribution in [0.15, 0.2) is 0 Å². The summed E-state index contributed by atoms with van der Waals surface area (Å²) in [4.78, 5) is 128. The number of unbranched alkanes of at least 4 members (excludes halogenated alkanes) is 1. The fraction of sp³-hybridized carbons (Fsp3) is 0.737. The molecule has 0 aliphatic carbocycles. The molecule has 23 heteroatoms. The minimum absolute atomic E-state index is 0.00702. The highest BCUT2D eigenvalue weighted by Crippen LogP contribution is 2.12. The number of carbonyl (C=O) groups excluding carboxylic acids is 7. The molecule has 0 aliphatic heterocycles. The molecule has 0 saturated heterocycles. The summed E-state index contributed by atoms with van der Waals surface area (Å²) in [6.45, 7) is 10.5. The summed E-state index contributed by atoms with van der Waals surface area (Å²) in [5.41, 5.74) is 11.6. The van der Waals surface area contributed by atoms with Crippen molar-refractivity contribution in [3.8, 4) is 0 Å². The van der Waals surface area contributed by atoms with Crippen molar-refractivity contribution in [2.75, 3.05) is 13.2 Å². The number of carbonyl (C=O) groups is 10. The van der Waals surface area contributed by atoms with Gasteiger partial charge >= 0.3 is 17.9 Å². The summed E-state index contributed by atoms with van der Waals surface area (Å²) in [7, 11) is 0. The van der Waals surface area contributed by atoms with E-state index in [1.165, 1.54) is 0 Å². The highest BCUT2D eigenvalue weighted by atomic mass is 16.4. The lowest BCUT2D eigenvalue weighted by Crippen LogP contribution is -2.61. The van der Waals surface area contributed by atoms with Gasteiger partial charge in [-0.05, 0) is 63.3 Å². The van der Waals surface area contributed by atoms with E-state index in [9.17, 15) is 63.3 Å². The predicted octanol–water partition coefficient (Wildman–Crippen LogP) is -2.98. The van der Waals surface area contributed by atoms with Gasteiger partial charge in [0.15, 0.2) is 0 Å². The molecule has 0 radical (unpaired) electrons. The monoisotopic (exact) mass is 873 g/mol. The summed E-state index contributed by atoms with van der Waals surface area (Å²) in [5, 5.41) is 54.3. The Labute approximate surface area is 355 Å². The molecular formula is C38H67N9O14. The average Bonchev–Trinajstić information content (AvgIpc) is 3.17. The second kappa shape index (κ2) is 28.2. The second-order valence-electron chi connectivity index (χ2n) is 15.6. The third kappa shape index (κ3) is 21.1. The van der Waals surface area contributed by atoms with E-state index in [2.05, 4.69) is 37.2 Å². The number of aliphatic carboxylic acids is 3. The number of nitrogens with two attached hydrogens (primary N) is 2. The zero-order valence-corrected chi connectivity index (χ0v) is 35.9. The SMILES string of the molecule is CC[C@H](C)[C@H](N)C(=O)N[C@@H](CO)C(=O)N[C@@H](CCC(=O)O)C(=O)N[C@H](C(=O)N[C@@H](CCCCN)C(=O)N[C@@H](CC(C)C)C(=O)N[C@@H](CC(=O)O)C(=O)N[C@@H](C)C(=O)O)C(C)C. The van der Waals surface area contributed by atoms with Crippen LogP contribution in [-0.4, -0.2) is 141 Å². The normalized spacial score (nSPS) is 15.6. The zero-order valence-electron chi connectivity index (χ0n) is 35.9. The zero-order chi connectivity index (χ0) is 47.1.